The highest BCUT2D eigenvalue weighted by atomic mass is 16.6. The van der Waals surface area contributed by atoms with E-state index in [-0.39, 0.29) is 0 Å². The minimum absolute atomic E-state index is 0.511. The standard InChI is InChI=1S/C9H15N3O3/c1-6(7(13)5-11-10)12-8(14)15-9(2,3)4/h5-6H,1-4H3,(H,12,14)/t6-/m1/s1. The third kappa shape index (κ3) is 6.40. The van der Waals surface area contributed by atoms with Gasteiger partial charge < -0.3 is 15.6 Å². The number of rotatable bonds is 3. The van der Waals surface area contributed by atoms with Crippen molar-refractivity contribution >= 4 is 18.1 Å². The molecule has 0 rings (SSSR count). The molecule has 0 aromatic carbocycles. The van der Waals surface area contributed by atoms with Crippen LogP contribution in [-0.4, -0.2) is 34.5 Å². The van der Waals surface area contributed by atoms with E-state index in [9.17, 15) is 9.59 Å². The zero-order valence-corrected chi connectivity index (χ0v) is 9.27. The highest BCUT2D eigenvalue weighted by molar-refractivity contribution is 6.27. The Hall–Kier alpha value is -1.68. The fraction of sp³-hybridized carbons (Fsp3) is 0.667. The van der Waals surface area contributed by atoms with Crippen molar-refractivity contribution < 1.29 is 19.1 Å². The van der Waals surface area contributed by atoms with Crippen LogP contribution in [0.2, 0.25) is 0 Å². The number of Topliss-reactive ketones (excluding diaryl/α,β-unsaturated/α-hetero) is 1. The minimum Gasteiger partial charge on any atom is -0.444 e. The van der Waals surface area contributed by atoms with Crippen molar-refractivity contribution in [2.75, 3.05) is 0 Å². The van der Waals surface area contributed by atoms with E-state index in [2.05, 4.69) is 10.1 Å². The molecule has 1 N–H and O–H groups in total. The van der Waals surface area contributed by atoms with E-state index in [0.717, 1.165) is 6.21 Å². The Labute approximate surface area is 88.2 Å². The van der Waals surface area contributed by atoms with E-state index < -0.39 is 23.5 Å². The normalized spacial score (nSPS) is 12.3. The van der Waals surface area contributed by atoms with Crippen molar-refractivity contribution in [1.29, 1.82) is 0 Å². The number of hydrogen-bond acceptors (Lipinski definition) is 3. The summed E-state index contributed by atoms with van der Waals surface area (Å²) in [6.07, 6.45) is 0.0388. The van der Waals surface area contributed by atoms with Crippen LogP contribution in [0.15, 0.2) is 0 Å². The zero-order valence-electron chi connectivity index (χ0n) is 9.27. The summed E-state index contributed by atoms with van der Waals surface area (Å²) in [4.78, 5) is 24.8. The first-order valence-corrected chi connectivity index (χ1v) is 4.47. The van der Waals surface area contributed by atoms with Crippen LogP contribution >= 0.6 is 0 Å². The molecule has 84 valence electrons. The van der Waals surface area contributed by atoms with Crippen molar-refractivity contribution in [1.82, 2.24) is 5.32 Å². The van der Waals surface area contributed by atoms with Crippen molar-refractivity contribution in [3.8, 4) is 0 Å². The lowest BCUT2D eigenvalue weighted by Gasteiger charge is -2.20. The van der Waals surface area contributed by atoms with Gasteiger partial charge in [0.25, 0.3) is 5.78 Å². The smallest absolute Gasteiger partial charge is 0.408 e. The van der Waals surface area contributed by atoms with Gasteiger partial charge in [-0.1, -0.05) is 0 Å². The minimum atomic E-state index is -0.782. The Morgan fingerprint density at radius 2 is 2.00 bits per heavy atom. The number of ether oxygens (including phenoxy) is 1. The highest BCUT2D eigenvalue weighted by Crippen LogP contribution is 2.06. The second kappa shape index (κ2) is 5.26. The fourth-order valence-electron chi connectivity index (χ4n) is 0.724. The van der Waals surface area contributed by atoms with E-state index in [1.54, 1.807) is 20.8 Å². The molecule has 15 heavy (non-hydrogen) atoms. The SMILES string of the molecule is C[C@@H](NC(=O)OC(C)(C)C)C(=O)C=[N+]=[N-]. The number of ketones is 1. The van der Waals surface area contributed by atoms with E-state index in [1.807, 2.05) is 0 Å². The van der Waals surface area contributed by atoms with Gasteiger partial charge in [-0.15, -0.1) is 0 Å². The third-order valence-electron chi connectivity index (χ3n) is 1.34. The average molecular weight is 213 g/mol. The second-order valence-electron chi connectivity index (χ2n) is 4.01. The van der Waals surface area contributed by atoms with Gasteiger partial charge in [-0.2, -0.15) is 4.79 Å². The van der Waals surface area contributed by atoms with Gasteiger partial charge in [0.2, 0.25) is 0 Å². The van der Waals surface area contributed by atoms with Crippen LogP contribution in [0.3, 0.4) is 0 Å². The maximum absolute atomic E-state index is 11.2. The lowest BCUT2D eigenvalue weighted by molar-refractivity contribution is -0.117. The van der Waals surface area contributed by atoms with Crippen molar-refractivity contribution in [3.05, 3.63) is 5.53 Å². The Kier molecular flexibility index (Phi) is 4.67. The first-order valence-electron chi connectivity index (χ1n) is 4.47. The van der Waals surface area contributed by atoms with E-state index in [0.29, 0.717) is 0 Å². The number of nitrogens with zero attached hydrogens (tertiary/aromatic N) is 2. The predicted octanol–water partition coefficient (Wildman–Crippen LogP) is 0.769. The summed E-state index contributed by atoms with van der Waals surface area (Å²) in [6.45, 7) is 6.62. The molecule has 0 aliphatic heterocycles. The molecule has 6 heteroatoms. The molecule has 0 radical (unpaired) electrons. The van der Waals surface area contributed by atoms with Crippen LogP contribution in [-0.2, 0) is 9.53 Å². The molecule has 0 bridgehead atoms. The molecule has 0 saturated carbocycles. The van der Waals surface area contributed by atoms with Crippen molar-refractivity contribution in [2.45, 2.75) is 39.3 Å². The highest BCUT2D eigenvalue weighted by Gasteiger charge is 2.21. The molecule has 1 atom stereocenters. The van der Waals surface area contributed by atoms with Crippen LogP contribution in [0.1, 0.15) is 27.7 Å². The van der Waals surface area contributed by atoms with Gasteiger partial charge in [0.05, 0.1) is 6.04 Å². The summed E-state index contributed by atoms with van der Waals surface area (Å²) in [5, 5.41) is 2.31. The Morgan fingerprint density at radius 1 is 1.47 bits per heavy atom. The fourth-order valence-corrected chi connectivity index (χ4v) is 0.724. The molecule has 0 aliphatic rings. The molecule has 6 nitrogen and oxygen atoms in total. The zero-order chi connectivity index (χ0) is 12.1. The molecule has 0 aromatic rings. The van der Waals surface area contributed by atoms with Gasteiger partial charge in [0, 0.05) is 0 Å². The quantitative estimate of drug-likeness (QED) is 0.426. The molecule has 0 aliphatic carbocycles. The number of amides is 1. The van der Waals surface area contributed by atoms with E-state index in [4.69, 9.17) is 10.3 Å². The number of carbonyl (C=O) groups excluding carboxylic acids is 2. The lowest BCUT2D eigenvalue weighted by Crippen LogP contribution is -2.42. The molecule has 0 fully saturated rings. The molecule has 0 spiro atoms. The first kappa shape index (κ1) is 13.3. The first-order chi connectivity index (χ1) is 6.76. The van der Waals surface area contributed by atoms with Gasteiger partial charge in [-0.3, -0.25) is 4.79 Å². The summed E-state index contributed by atoms with van der Waals surface area (Å²) in [7, 11) is 0. The van der Waals surface area contributed by atoms with Crippen LogP contribution in [0.5, 0.6) is 0 Å². The lowest BCUT2D eigenvalue weighted by atomic mass is 10.2. The van der Waals surface area contributed by atoms with Crippen LogP contribution in [0, 0.1) is 0 Å². The van der Waals surface area contributed by atoms with E-state index in [1.165, 1.54) is 6.92 Å². The molecule has 0 aromatic heterocycles. The predicted molar refractivity (Wildman–Crippen MR) is 53.5 cm³/mol. The number of alkyl carbamates (subject to hydrolysis) is 1. The Balaban J connectivity index is 4.19. The largest absolute Gasteiger partial charge is 0.444 e. The van der Waals surface area contributed by atoms with Crippen molar-refractivity contribution in [2.24, 2.45) is 0 Å². The van der Waals surface area contributed by atoms with Gasteiger partial charge in [0.1, 0.15) is 5.60 Å². The van der Waals surface area contributed by atoms with E-state index >= 15 is 0 Å². The molecular weight excluding hydrogens is 198 g/mol. The van der Waals surface area contributed by atoms with Gasteiger partial charge >= 0.3 is 12.3 Å². The number of carbonyl (C=O) groups is 2. The van der Waals surface area contributed by atoms with Gasteiger partial charge in [0.15, 0.2) is 0 Å². The number of hydrogen-bond donors (Lipinski definition) is 1. The topological polar surface area (TPSA) is 91.8 Å². The summed E-state index contributed by atoms with van der Waals surface area (Å²) >= 11 is 0. The maximum Gasteiger partial charge on any atom is 0.408 e. The third-order valence-corrected chi connectivity index (χ3v) is 1.34. The summed E-state index contributed by atoms with van der Waals surface area (Å²) in [5.74, 6) is -0.511. The molecular formula is C9H15N3O3. The van der Waals surface area contributed by atoms with Crippen LogP contribution < -0.4 is 5.32 Å². The second-order valence-corrected chi connectivity index (χ2v) is 4.01. The Morgan fingerprint density at radius 3 is 2.40 bits per heavy atom. The maximum atomic E-state index is 11.2. The van der Waals surface area contributed by atoms with Gasteiger partial charge in [-0.05, 0) is 27.7 Å². The Bertz CT molecular complexity index is 300. The summed E-state index contributed by atoms with van der Waals surface area (Å²) < 4.78 is 4.93. The average Bonchev–Trinajstić information content (AvgIpc) is 2.00. The number of nitrogens with one attached hydrogen (secondary N) is 1. The molecule has 0 unspecified atom stereocenters. The summed E-state index contributed by atoms with van der Waals surface area (Å²) in [5.41, 5.74) is 7.50. The molecule has 0 saturated heterocycles. The molecule has 1 amide bonds. The van der Waals surface area contributed by atoms with Crippen molar-refractivity contribution in [3.63, 3.8) is 0 Å². The monoisotopic (exact) mass is 213 g/mol. The van der Waals surface area contributed by atoms with Crippen LogP contribution in [0.4, 0.5) is 4.79 Å². The molecule has 0 heterocycles. The summed E-state index contributed by atoms with van der Waals surface area (Å²) in [6, 6.07) is -0.782. The van der Waals surface area contributed by atoms with Crippen LogP contribution in [0.25, 0.3) is 5.53 Å². The van der Waals surface area contributed by atoms with Gasteiger partial charge in [-0.25, -0.2) is 4.79 Å².